The average Bonchev–Trinajstić information content (AvgIpc) is 2.26. The molecule has 0 amide bonds. The molecule has 1 aromatic rings. The quantitative estimate of drug-likeness (QED) is 0.553. The Morgan fingerprint density at radius 1 is 1.24 bits per heavy atom. The van der Waals surface area contributed by atoms with Gasteiger partial charge in [0.05, 0.1) is 15.4 Å². The van der Waals surface area contributed by atoms with Crippen LogP contribution in [0, 0.1) is 0 Å². The summed E-state index contributed by atoms with van der Waals surface area (Å²) in [6.07, 6.45) is 0.979. The van der Waals surface area contributed by atoms with Crippen molar-refractivity contribution in [1.82, 2.24) is 0 Å². The Kier molecular flexibility index (Phi) is 5.90. The minimum absolute atomic E-state index is 0.298. The Labute approximate surface area is 115 Å². The summed E-state index contributed by atoms with van der Waals surface area (Å²) in [6.45, 7) is 11.0. The highest BCUT2D eigenvalue weighted by Crippen LogP contribution is 2.28. The highest BCUT2D eigenvalue weighted by molar-refractivity contribution is 9.10. The molecule has 1 rings (SSSR count). The van der Waals surface area contributed by atoms with Gasteiger partial charge in [-0.2, -0.15) is 0 Å². The van der Waals surface area contributed by atoms with Gasteiger partial charge in [0, 0.05) is 11.1 Å². The summed E-state index contributed by atoms with van der Waals surface area (Å²) in [6, 6.07) is 8.34. The predicted octanol–water partition coefficient (Wildman–Crippen LogP) is 4.54. The molecule has 0 aliphatic rings. The van der Waals surface area contributed by atoms with Crippen LogP contribution in [0.25, 0.3) is 0 Å². The lowest BCUT2D eigenvalue weighted by Gasteiger charge is -2.27. The summed E-state index contributed by atoms with van der Waals surface area (Å²) in [7, 11) is -0.298. The lowest BCUT2D eigenvalue weighted by atomic mass is 10.2. The topological polar surface area (TPSA) is 9.23 Å². The molecule has 0 N–H and O–H groups in total. The fraction of sp³-hybridized carbons (Fsp3) is 0.571. The van der Waals surface area contributed by atoms with Crippen LogP contribution in [0.2, 0.25) is 18.1 Å². The fourth-order valence-corrected chi connectivity index (χ4v) is 2.23. The summed E-state index contributed by atoms with van der Waals surface area (Å²) >= 11 is 3.56. The van der Waals surface area contributed by atoms with Crippen LogP contribution < -0.4 is 0 Å². The monoisotopic (exact) mass is 313 g/mol. The van der Waals surface area contributed by atoms with Crippen LogP contribution >= 0.6 is 15.9 Å². The van der Waals surface area contributed by atoms with Gasteiger partial charge in [0.15, 0.2) is 0 Å². The molecule has 1 radical (unpaired) electrons. The first kappa shape index (κ1) is 14.9. The van der Waals surface area contributed by atoms with Gasteiger partial charge in [0.25, 0.3) is 0 Å². The maximum absolute atomic E-state index is 5.82. The number of benzene rings is 1. The third-order valence-electron chi connectivity index (χ3n) is 3.29. The Bertz CT molecular complexity index is 350. The van der Waals surface area contributed by atoms with E-state index in [0.717, 1.165) is 19.6 Å². The largest absolute Gasteiger partial charge is 0.381 e. The summed E-state index contributed by atoms with van der Waals surface area (Å²) < 4.78 is 7.00. The Hall–Kier alpha value is -0.123. The second kappa shape index (κ2) is 6.71. The molecule has 0 unspecified atom stereocenters. The van der Waals surface area contributed by atoms with E-state index in [9.17, 15) is 0 Å². The highest BCUT2D eigenvalue weighted by atomic mass is 79.9. The van der Waals surface area contributed by atoms with Crippen molar-refractivity contribution in [2.24, 2.45) is 0 Å². The van der Waals surface area contributed by atoms with Gasteiger partial charge in [0.1, 0.15) is 0 Å². The molecule has 17 heavy (non-hydrogen) atoms. The molecule has 0 saturated heterocycles. The lowest BCUT2D eigenvalue weighted by Crippen LogP contribution is -2.26. The van der Waals surface area contributed by atoms with Crippen molar-refractivity contribution in [2.75, 3.05) is 13.2 Å². The van der Waals surface area contributed by atoms with Crippen LogP contribution in [0.3, 0.4) is 0 Å². The fourth-order valence-electron chi connectivity index (χ4n) is 1.35. The minimum Gasteiger partial charge on any atom is -0.381 e. The second-order valence-electron chi connectivity index (χ2n) is 5.28. The molecule has 0 bridgehead atoms. The predicted molar refractivity (Wildman–Crippen MR) is 80.2 cm³/mol. The van der Waals surface area contributed by atoms with Crippen LogP contribution in [0.1, 0.15) is 19.4 Å². The van der Waals surface area contributed by atoms with Gasteiger partial charge in [-0.25, -0.2) is 0 Å². The Morgan fingerprint density at radius 3 is 2.47 bits per heavy atom. The van der Waals surface area contributed by atoms with Crippen molar-refractivity contribution < 1.29 is 4.74 Å². The van der Waals surface area contributed by atoms with E-state index in [0.29, 0.717) is 5.04 Å². The molecule has 0 spiro atoms. The van der Waals surface area contributed by atoms with E-state index >= 15 is 0 Å². The molecule has 0 aliphatic heterocycles. The summed E-state index contributed by atoms with van der Waals surface area (Å²) in [5.41, 5.74) is 1.32. The van der Waals surface area contributed by atoms with E-state index in [4.69, 9.17) is 4.74 Å². The Morgan fingerprint density at radius 2 is 1.88 bits per heavy atom. The van der Waals surface area contributed by atoms with E-state index in [2.05, 4.69) is 61.1 Å². The van der Waals surface area contributed by atoms with Crippen molar-refractivity contribution >= 4 is 24.7 Å². The first-order valence-electron chi connectivity index (χ1n) is 6.05. The molecule has 1 aromatic carbocycles. The SMILES string of the molecule is C[Si](C)C(C)(C)COCCc1ccccc1Br. The van der Waals surface area contributed by atoms with Crippen LogP contribution in [0.4, 0.5) is 0 Å². The third kappa shape index (κ3) is 4.94. The number of hydrogen-bond donors (Lipinski definition) is 0. The van der Waals surface area contributed by atoms with E-state index in [-0.39, 0.29) is 8.80 Å². The van der Waals surface area contributed by atoms with Gasteiger partial charge in [-0.05, 0) is 23.1 Å². The van der Waals surface area contributed by atoms with E-state index in [1.165, 1.54) is 10.0 Å². The third-order valence-corrected chi connectivity index (χ3v) is 6.92. The molecule has 0 aromatic heterocycles. The molecule has 0 saturated carbocycles. The van der Waals surface area contributed by atoms with E-state index in [1.807, 2.05) is 6.07 Å². The molecule has 0 heterocycles. The van der Waals surface area contributed by atoms with Crippen molar-refractivity contribution in [2.45, 2.75) is 38.4 Å². The zero-order valence-corrected chi connectivity index (χ0v) is 13.8. The molecule has 0 fully saturated rings. The van der Waals surface area contributed by atoms with Crippen molar-refractivity contribution in [1.29, 1.82) is 0 Å². The smallest absolute Gasteiger partial charge is 0.0506 e. The van der Waals surface area contributed by atoms with Gasteiger partial charge in [0.2, 0.25) is 0 Å². The molecular weight excluding hydrogens is 292 g/mol. The molecule has 0 atom stereocenters. The molecule has 3 heteroatoms. The first-order valence-corrected chi connectivity index (χ1v) is 9.34. The Balaban J connectivity index is 2.32. The molecule has 0 aliphatic carbocycles. The summed E-state index contributed by atoms with van der Waals surface area (Å²) in [5.74, 6) is 0. The van der Waals surface area contributed by atoms with Crippen molar-refractivity contribution in [3.8, 4) is 0 Å². The van der Waals surface area contributed by atoms with E-state index < -0.39 is 0 Å². The average molecular weight is 314 g/mol. The first-order chi connectivity index (χ1) is 7.93. The van der Waals surface area contributed by atoms with Crippen LogP contribution in [0.15, 0.2) is 28.7 Å². The highest BCUT2D eigenvalue weighted by Gasteiger charge is 2.23. The van der Waals surface area contributed by atoms with Crippen molar-refractivity contribution in [3.63, 3.8) is 0 Å². The minimum atomic E-state index is -0.298. The summed E-state index contributed by atoms with van der Waals surface area (Å²) in [4.78, 5) is 0. The van der Waals surface area contributed by atoms with Crippen molar-refractivity contribution in [3.05, 3.63) is 34.3 Å². The lowest BCUT2D eigenvalue weighted by molar-refractivity contribution is 0.116. The normalized spacial score (nSPS) is 12.1. The van der Waals surface area contributed by atoms with Gasteiger partial charge >= 0.3 is 0 Å². The number of halogens is 1. The molecule has 95 valence electrons. The van der Waals surface area contributed by atoms with Crippen LogP contribution in [0.5, 0.6) is 0 Å². The molecular formula is C14H22BrOSi. The number of rotatable bonds is 6. The molecule has 1 nitrogen and oxygen atoms in total. The van der Waals surface area contributed by atoms with Gasteiger partial charge in [-0.3, -0.25) is 0 Å². The van der Waals surface area contributed by atoms with Crippen LogP contribution in [-0.4, -0.2) is 22.0 Å². The maximum atomic E-state index is 5.82. The second-order valence-corrected chi connectivity index (χ2v) is 9.49. The van der Waals surface area contributed by atoms with Gasteiger partial charge in [-0.15, -0.1) is 0 Å². The van der Waals surface area contributed by atoms with Crippen LogP contribution in [-0.2, 0) is 11.2 Å². The van der Waals surface area contributed by atoms with Gasteiger partial charge < -0.3 is 4.74 Å². The maximum Gasteiger partial charge on any atom is 0.0506 e. The number of hydrogen-bond acceptors (Lipinski definition) is 1. The van der Waals surface area contributed by atoms with E-state index in [1.54, 1.807) is 0 Å². The zero-order chi connectivity index (χ0) is 12.9. The standard InChI is InChI=1S/C14H22BrOSi/c1-14(2,17(3)4)11-16-10-9-12-7-5-6-8-13(12)15/h5-8H,9-11H2,1-4H3. The summed E-state index contributed by atoms with van der Waals surface area (Å²) in [5, 5.41) is 0.360. The zero-order valence-electron chi connectivity index (χ0n) is 11.2. The number of ether oxygens (including phenoxy) is 1. The van der Waals surface area contributed by atoms with Gasteiger partial charge in [-0.1, -0.05) is 61.1 Å².